The lowest BCUT2D eigenvalue weighted by molar-refractivity contribution is -0.153. The summed E-state index contributed by atoms with van der Waals surface area (Å²) in [5.74, 6) is 0.950. The Morgan fingerprint density at radius 1 is 0.971 bits per heavy atom. The molecule has 35 heavy (non-hydrogen) atoms. The Hall–Kier alpha value is -3.64. The third-order valence-corrected chi connectivity index (χ3v) is 7.40. The highest BCUT2D eigenvalue weighted by molar-refractivity contribution is 5.97. The molecule has 2 aliphatic rings. The van der Waals surface area contributed by atoms with Gasteiger partial charge in [0.2, 0.25) is 11.8 Å². The first-order chi connectivity index (χ1) is 17.1. The monoisotopic (exact) mass is 467 g/mol. The lowest BCUT2D eigenvalue weighted by Gasteiger charge is -2.45. The van der Waals surface area contributed by atoms with Crippen molar-refractivity contribution in [2.45, 2.75) is 38.4 Å². The molecule has 178 valence electrons. The summed E-state index contributed by atoms with van der Waals surface area (Å²) in [6.45, 7) is 4.64. The van der Waals surface area contributed by atoms with Gasteiger partial charge in [0.25, 0.3) is 0 Å². The second kappa shape index (κ2) is 8.86. The number of fused-ring (bicyclic) bond motifs is 3. The number of benzene rings is 3. The van der Waals surface area contributed by atoms with Gasteiger partial charge < -0.3 is 14.6 Å². The van der Waals surface area contributed by atoms with Gasteiger partial charge in [0.15, 0.2) is 0 Å². The van der Waals surface area contributed by atoms with Gasteiger partial charge in [-0.05, 0) is 22.4 Å². The fourth-order valence-corrected chi connectivity index (χ4v) is 5.57. The molecular weight excluding hydrogens is 438 g/mol. The minimum atomic E-state index is -0.518. The topological polar surface area (TPSA) is 65.8 Å². The molecule has 0 bridgehead atoms. The number of carbonyl (C=O) groups is 2. The molecule has 2 unspecified atom stereocenters. The van der Waals surface area contributed by atoms with Crippen LogP contribution in [0.4, 0.5) is 0 Å². The van der Waals surface area contributed by atoms with E-state index in [-0.39, 0.29) is 11.8 Å². The van der Waals surface area contributed by atoms with Gasteiger partial charge in [-0.2, -0.15) is 0 Å². The van der Waals surface area contributed by atoms with Crippen LogP contribution in [0.5, 0.6) is 0 Å². The van der Waals surface area contributed by atoms with Crippen molar-refractivity contribution in [1.82, 2.24) is 15.1 Å². The van der Waals surface area contributed by atoms with Crippen molar-refractivity contribution in [2.75, 3.05) is 19.6 Å². The van der Waals surface area contributed by atoms with Crippen LogP contribution in [-0.4, -0.2) is 53.3 Å². The molecule has 4 aromatic rings. The van der Waals surface area contributed by atoms with E-state index in [1.54, 1.807) is 4.90 Å². The summed E-state index contributed by atoms with van der Waals surface area (Å²) in [5.41, 5.74) is 3.15. The number of amides is 2. The van der Waals surface area contributed by atoms with Gasteiger partial charge >= 0.3 is 0 Å². The van der Waals surface area contributed by atoms with Crippen molar-refractivity contribution in [3.63, 3.8) is 0 Å². The van der Waals surface area contributed by atoms with E-state index in [1.165, 1.54) is 10.9 Å². The summed E-state index contributed by atoms with van der Waals surface area (Å²) in [6.07, 6.45) is 1.33. The number of aryl methyl sites for hydroxylation is 1. The van der Waals surface area contributed by atoms with Crippen LogP contribution in [0.2, 0.25) is 0 Å². The SMILES string of the molecule is CCc1oc2ccccc2c1CN1CCN2C(=O)C(Cc3ccc4ccccc4c3)NC(=O)C2C1. The molecule has 0 aliphatic carbocycles. The van der Waals surface area contributed by atoms with Gasteiger partial charge in [0, 0.05) is 50.0 Å². The summed E-state index contributed by atoms with van der Waals surface area (Å²) < 4.78 is 6.06. The number of nitrogens with zero attached hydrogens (tertiary/aromatic N) is 2. The molecule has 2 atom stereocenters. The molecule has 0 spiro atoms. The molecule has 2 amide bonds. The number of furan rings is 1. The van der Waals surface area contributed by atoms with Crippen LogP contribution in [0.25, 0.3) is 21.7 Å². The standard InChI is InChI=1S/C29H29N3O3/c1-2-26-23(22-9-5-6-10-27(22)35-26)17-31-13-14-32-25(18-31)28(33)30-24(29(32)34)16-19-11-12-20-7-3-4-8-21(20)15-19/h3-12,15,24-25H,2,13-14,16-18H2,1H3,(H,30,33). The third-order valence-electron chi connectivity index (χ3n) is 7.40. The zero-order valence-corrected chi connectivity index (χ0v) is 19.9. The Morgan fingerprint density at radius 2 is 1.77 bits per heavy atom. The summed E-state index contributed by atoms with van der Waals surface area (Å²) in [4.78, 5) is 30.5. The van der Waals surface area contributed by atoms with Crippen molar-refractivity contribution < 1.29 is 14.0 Å². The Kier molecular flexibility index (Phi) is 5.53. The normalized spacial score (nSPS) is 20.9. The maximum atomic E-state index is 13.3. The highest BCUT2D eigenvalue weighted by atomic mass is 16.3. The van der Waals surface area contributed by atoms with Crippen molar-refractivity contribution >= 4 is 33.6 Å². The molecule has 1 N–H and O–H groups in total. The average molecular weight is 468 g/mol. The second-order valence-electron chi connectivity index (χ2n) is 9.58. The Bertz CT molecular complexity index is 1430. The smallest absolute Gasteiger partial charge is 0.246 e. The summed E-state index contributed by atoms with van der Waals surface area (Å²) in [6, 6.07) is 21.6. The fourth-order valence-electron chi connectivity index (χ4n) is 5.57. The minimum absolute atomic E-state index is 0.0189. The molecule has 2 saturated heterocycles. The first-order valence-corrected chi connectivity index (χ1v) is 12.4. The highest BCUT2D eigenvalue weighted by Gasteiger charge is 2.43. The lowest BCUT2D eigenvalue weighted by Crippen LogP contribution is -2.69. The van der Waals surface area contributed by atoms with Gasteiger partial charge in [0.1, 0.15) is 23.4 Å². The maximum Gasteiger partial charge on any atom is 0.246 e. The zero-order valence-electron chi connectivity index (χ0n) is 19.9. The first kappa shape index (κ1) is 21.9. The minimum Gasteiger partial charge on any atom is -0.461 e. The largest absolute Gasteiger partial charge is 0.461 e. The van der Waals surface area contributed by atoms with Crippen LogP contribution in [0, 0.1) is 0 Å². The van der Waals surface area contributed by atoms with Crippen molar-refractivity contribution in [2.24, 2.45) is 0 Å². The van der Waals surface area contributed by atoms with E-state index in [2.05, 4.69) is 47.5 Å². The number of hydrogen-bond donors (Lipinski definition) is 1. The lowest BCUT2D eigenvalue weighted by atomic mass is 9.97. The van der Waals surface area contributed by atoms with Gasteiger partial charge in [-0.15, -0.1) is 0 Å². The Labute approximate surface area is 204 Å². The van der Waals surface area contributed by atoms with Crippen LogP contribution in [0.15, 0.2) is 71.1 Å². The van der Waals surface area contributed by atoms with Crippen LogP contribution in [0.3, 0.4) is 0 Å². The number of hydrogen-bond acceptors (Lipinski definition) is 4. The van der Waals surface area contributed by atoms with Gasteiger partial charge in [-0.3, -0.25) is 14.5 Å². The molecule has 3 heterocycles. The number of rotatable bonds is 5. The number of carbonyl (C=O) groups excluding carboxylic acids is 2. The molecule has 3 aromatic carbocycles. The van der Waals surface area contributed by atoms with Crippen molar-refractivity contribution in [3.8, 4) is 0 Å². The fraction of sp³-hybridized carbons (Fsp3) is 0.310. The van der Waals surface area contributed by atoms with E-state index in [4.69, 9.17) is 4.42 Å². The number of piperazine rings is 2. The molecule has 2 fully saturated rings. The van der Waals surface area contributed by atoms with E-state index in [9.17, 15) is 9.59 Å². The average Bonchev–Trinajstić information content (AvgIpc) is 3.24. The number of para-hydroxylation sites is 1. The van der Waals surface area contributed by atoms with E-state index in [1.807, 2.05) is 36.4 Å². The maximum absolute atomic E-state index is 13.3. The van der Waals surface area contributed by atoms with Crippen LogP contribution >= 0.6 is 0 Å². The van der Waals surface area contributed by atoms with E-state index < -0.39 is 12.1 Å². The molecule has 0 radical (unpaired) electrons. The predicted molar refractivity (Wildman–Crippen MR) is 136 cm³/mol. The Morgan fingerprint density at radius 3 is 2.63 bits per heavy atom. The van der Waals surface area contributed by atoms with E-state index in [0.29, 0.717) is 26.1 Å². The molecule has 0 saturated carbocycles. The van der Waals surface area contributed by atoms with Gasteiger partial charge in [0.05, 0.1) is 0 Å². The summed E-state index contributed by atoms with van der Waals surface area (Å²) >= 11 is 0. The van der Waals surface area contributed by atoms with Crippen LogP contribution in [-0.2, 0) is 29.0 Å². The van der Waals surface area contributed by atoms with Crippen LogP contribution < -0.4 is 5.32 Å². The highest BCUT2D eigenvalue weighted by Crippen LogP contribution is 2.29. The molecule has 2 aliphatic heterocycles. The molecular formula is C29H29N3O3. The molecule has 6 heteroatoms. The van der Waals surface area contributed by atoms with Crippen molar-refractivity contribution in [3.05, 3.63) is 83.6 Å². The van der Waals surface area contributed by atoms with Gasteiger partial charge in [-0.1, -0.05) is 67.6 Å². The Balaban J connectivity index is 1.17. The van der Waals surface area contributed by atoms with E-state index >= 15 is 0 Å². The molecule has 6 nitrogen and oxygen atoms in total. The quantitative estimate of drug-likeness (QED) is 0.484. The zero-order chi connectivity index (χ0) is 23.9. The van der Waals surface area contributed by atoms with Gasteiger partial charge in [-0.25, -0.2) is 0 Å². The summed E-state index contributed by atoms with van der Waals surface area (Å²) in [7, 11) is 0. The van der Waals surface area contributed by atoms with Crippen LogP contribution in [0.1, 0.15) is 23.8 Å². The molecule has 6 rings (SSSR count). The van der Waals surface area contributed by atoms with E-state index in [0.717, 1.165) is 40.6 Å². The molecule has 1 aromatic heterocycles. The van der Waals surface area contributed by atoms with Crippen molar-refractivity contribution in [1.29, 1.82) is 0 Å². The third kappa shape index (κ3) is 3.98. The number of nitrogens with one attached hydrogen (secondary N) is 1. The second-order valence-corrected chi connectivity index (χ2v) is 9.58. The first-order valence-electron chi connectivity index (χ1n) is 12.4. The predicted octanol–water partition coefficient (Wildman–Crippen LogP) is 3.90. The summed E-state index contributed by atoms with van der Waals surface area (Å²) in [5, 5.41) is 6.46.